The molecule has 0 atom stereocenters. The summed E-state index contributed by atoms with van der Waals surface area (Å²) in [7, 11) is 1.58. The van der Waals surface area contributed by atoms with Crippen LogP contribution in [0.3, 0.4) is 0 Å². The summed E-state index contributed by atoms with van der Waals surface area (Å²) in [6.45, 7) is 1.75. The molecule has 0 saturated heterocycles. The number of hydrogen-bond acceptors (Lipinski definition) is 4. The molecule has 2 rings (SSSR count). The predicted molar refractivity (Wildman–Crippen MR) is 95.9 cm³/mol. The molecule has 25 heavy (non-hydrogen) atoms. The van der Waals surface area contributed by atoms with Crippen LogP contribution in [0.4, 0.5) is 5.69 Å². The zero-order valence-corrected chi connectivity index (χ0v) is 14.4. The monoisotopic (exact) mass is 342 g/mol. The van der Waals surface area contributed by atoms with Gasteiger partial charge < -0.3 is 20.1 Å². The number of aryl methyl sites for hydroxylation is 1. The van der Waals surface area contributed by atoms with Crippen LogP contribution in [-0.4, -0.2) is 32.1 Å². The Morgan fingerprint density at radius 2 is 1.64 bits per heavy atom. The summed E-state index contributed by atoms with van der Waals surface area (Å²) in [6.07, 6.45) is 0.818. The minimum Gasteiger partial charge on any atom is -0.497 e. The van der Waals surface area contributed by atoms with Crippen LogP contribution in [0.25, 0.3) is 0 Å². The van der Waals surface area contributed by atoms with Gasteiger partial charge in [0.2, 0.25) is 5.91 Å². The van der Waals surface area contributed by atoms with Crippen LogP contribution < -0.4 is 20.1 Å². The Morgan fingerprint density at radius 3 is 2.32 bits per heavy atom. The molecule has 0 aliphatic carbocycles. The maximum absolute atomic E-state index is 11.9. The van der Waals surface area contributed by atoms with E-state index in [9.17, 15) is 9.59 Å². The Labute approximate surface area is 147 Å². The van der Waals surface area contributed by atoms with E-state index in [-0.39, 0.29) is 25.0 Å². The van der Waals surface area contributed by atoms with Crippen molar-refractivity contribution in [2.45, 2.75) is 13.3 Å². The molecule has 0 heterocycles. The zero-order valence-electron chi connectivity index (χ0n) is 14.4. The Bertz CT molecular complexity index is 714. The highest BCUT2D eigenvalue weighted by Crippen LogP contribution is 2.17. The van der Waals surface area contributed by atoms with Crippen LogP contribution in [0.2, 0.25) is 0 Å². The van der Waals surface area contributed by atoms with Crippen molar-refractivity contribution in [3.05, 3.63) is 54.1 Å². The Morgan fingerprint density at radius 1 is 0.960 bits per heavy atom. The SMILES string of the molecule is CCc1ccccc1NC(=O)CNC(=O)COc1ccc(OC)cc1. The van der Waals surface area contributed by atoms with Crippen molar-refractivity contribution in [2.24, 2.45) is 0 Å². The van der Waals surface area contributed by atoms with Gasteiger partial charge in [0, 0.05) is 5.69 Å². The minimum absolute atomic E-state index is 0.108. The highest BCUT2D eigenvalue weighted by atomic mass is 16.5. The molecule has 0 aromatic heterocycles. The van der Waals surface area contributed by atoms with E-state index in [2.05, 4.69) is 10.6 Å². The molecule has 0 bridgehead atoms. The van der Waals surface area contributed by atoms with Crippen LogP contribution in [0.1, 0.15) is 12.5 Å². The van der Waals surface area contributed by atoms with E-state index in [1.54, 1.807) is 31.4 Å². The molecule has 0 aliphatic rings. The molecule has 2 N–H and O–H groups in total. The summed E-state index contributed by atoms with van der Waals surface area (Å²) < 4.78 is 10.4. The number of anilines is 1. The quantitative estimate of drug-likeness (QED) is 0.772. The summed E-state index contributed by atoms with van der Waals surface area (Å²) in [4.78, 5) is 23.7. The van der Waals surface area contributed by atoms with Crippen LogP contribution in [0, 0.1) is 0 Å². The number of nitrogens with one attached hydrogen (secondary N) is 2. The summed E-state index contributed by atoms with van der Waals surface area (Å²) in [6, 6.07) is 14.5. The van der Waals surface area contributed by atoms with Gasteiger partial charge in [-0.15, -0.1) is 0 Å². The fourth-order valence-electron chi connectivity index (χ4n) is 2.20. The topological polar surface area (TPSA) is 76.7 Å². The fraction of sp³-hybridized carbons (Fsp3) is 0.263. The number of hydrogen-bond donors (Lipinski definition) is 2. The molecular formula is C19H22N2O4. The van der Waals surface area contributed by atoms with Crippen molar-refractivity contribution in [3.63, 3.8) is 0 Å². The van der Waals surface area contributed by atoms with E-state index in [4.69, 9.17) is 9.47 Å². The average Bonchev–Trinajstić information content (AvgIpc) is 2.65. The van der Waals surface area contributed by atoms with Gasteiger partial charge in [0.25, 0.3) is 5.91 Å². The van der Waals surface area contributed by atoms with Crippen LogP contribution >= 0.6 is 0 Å². The van der Waals surface area contributed by atoms with Crippen molar-refractivity contribution < 1.29 is 19.1 Å². The molecule has 0 unspecified atom stereocenters. The summed E-state index contributed by atoms with van der Waals surface area (Å²) >= 11 is 0. The third-order valence-electron chi connectivity index (χ3n) is 3.55. The molecule has 0 spiro atoms. The molecule has 6 nitrogen and oxygen atoms in total. The molecule has 2 aromatic rings. The van der Waals surface area contributed by atoms with E-state index in [0.717, 1.165) is 17.7 Å². The summed E-state index contributed by atoms with van der Waals surface area (Å²) in [5.74, 6) is 0.617. The maximum Gasteiger partial charge on any atom is 0.258 e. The number of methoxy groups -OCH3 is 1. The van der Waals surface area contributed by atoms with E-state index >= 15 is 0 Å². The maximum atomic E-state index is 11.9. The molecule has 0 aliphatic heterocycles. The van der Waals surface area contributed by atoms with Crippen molar-refractivity contribution in [2.75, 3.05) is 25.6 Å². The number of rotatable bonds is 8. The van der Waals surface area contributed by atoms with Gasteiger partial charge in [-0.05, 0) is 42.3 Å². The van der Waals surface area contributed by atoms with Crippen LogP contribution in [-0.2, 0) is 16.0 Å². The Kier molecular flexibility index (Phi) is 6.83. The lowest BCUT2D eigenvalue weighted by atomic mass is 10.1. The second-order valence-corrected chi connectivity index (χ2v) is 5.30. The number of amides is 2. The standard InChI is InChI=1S/C19H22N2O4/c1-3-14-6-4-5-7-17(14)21-18(22)12-20-19(23)13-25-16-10-8-15(24-2)9-11-16/h4-11H,3,12-13H2,1-2H3,(H,20,23)(H,21,22). The Balaban J connectivity index is 1.74. The number of benzene rings is 2. The van der Waals surface area contributed by atoms with Gasteiger partial charge in [0.15, 0.2) is 6.61 Å². The molecule has 0 saturated carbocycles. The lowest BCUT2D eigenvalue weighted by Crippen LogP contribution is -2.35. The second kappa shape index (κ2) is 9.32. The van der Waals surface area contributed by atoms with Gasteiger partial charge in [-0.2, -0.15) is 0 Å². The molecule has 2 amide bonds. The van der Waals surface area contributed by atoms with Crippen LogP contribution in [0.5, 0.6) is 11.5 Å². The first kappa shape index (κ1) is 18.3. The first-order chi connectivity index (χ1) is 12.1. The average molecular weight is 342 g/mol. The third-order valence-corrected chi connectivity index (χ3v) is 3.55. The summed E-state index contributed by atoms with van der Waals surface area (Å²) in [5.41, 5.74) is 1.81. The Hall–Kier alpha value is -3.02. The summed E-state index contributed by atoms with van der Waals surface area (Å²) in [5, 5.41) is 5.33. The molecule has 0 radical (unpaired) electrons. The molecule has 0 fully saturated rings. The van der Waals surface area contributed by atoms with Gasteiger partial charge in [-0.3, -0.25) is 9.59 Å². The highest BCUT2D eigenvalue weighted by Gasteiger charge is 2.08. The number of ether oxygens (including phenoxy) is 2. The number of carbonyl (C=O) groups is 2. The second-order valence-electron chi connectivity index (χ2n) is 5.30. The van der Waals surface area contributed by atoms with Gasteiger partial charge in [0.05, 0.1) is 13.7 Å². The molecule has 6 heteroatoms. The lowest BCUT2D eigenvalue weighted by Gasteiger charge is -2.11. The minimum atomic E-state index is -0.366. The van der Waals surface area contributed by atoms with Gasteiger partial charge in [0.1, 0.15) is 11.5 Å². The number of para-hydroxylation sites is 1. The highest BCUT2D eigenvalue weighted by molar-refractivity contribution is 5.95. The van der Waals surface area contributed by atoms with Gasteiger partial charge in [-0.1, -0.05) is 25.1 Å². The van der Waals surface area contributed by atoms with Crippen molar-refractivity contribution in [1.82, 2.24) is 5.32 Å². The fourth-order valence-corrected chi connectivity index (χ4v) is 2.20. The smallest absolute Gasteiger partial charge is 0.258 e. The van der Waals surface area contributed by atoms with E-state index < -0.39 is 0 Å². The predicted octanol–water partition coefficient (Wildman–Crippen LogP) is 2.39. The zero-order chi connectivity index (χ0) is 18.1. The molecule has 132 valence electrons. The van der Waals surface area contributed by atoms with Gasteiger partial charge in [-0.25, -0.2) is 0 Å². The van der Waals surface area contributed by atoms with Gasteiger partial charge >= 0.3 is 0 Å². The normalized spacial score (nSPS) is 10.0. The third kappa shape index (κ3) is 5.84. The molecular weight excluding hydrogens is 320 g/mol. The lowest BCUT2D eigenvalue weighted by molar-refractivity contribution is -0.125. The molecule has 2 aromatic carbocycles. The largest absolute Gasteiger partial charge is 0.497 e. The van der Waals surface area contributed by atoms with E-state index in [1.807, 2.05) is 31.2 Å². The van der Waals surface area contributed by atoms with Crippen molar-refractivity contribution in [1.29, 1.82) is 0 Å². The number of carbonyl (C=O) groups excluding carboxylic acids is 2. The first-order valence-electron chi connectivity index (χ1n) is 8.03. The van der Waals surface area contributed by atoms with Crippen LogP contribution in [0.15, 0.2) is 48.5 Å². The first-order valence-corrected chi connectivity index (χ1v) is 8.03. The van der Waals surface area contributed by atoms with E-state index in [0.29, 0.717) is 11.5 Å². The van der Waals surface area contributed by atoms with Crippen molar-refractivity contribution >= 4 is 17.5 Å². The van der Waals surface area contributed by atoms with E-state index in [1.165, 1.54) is 0 Å². The van der Waals surface area contributed by atoms with Crippen molar-refractivity contribution in [3.8, 4) is 11.5 Å².